The Morgan fingerprint density at radius 2 is 1.62 bits per heavy atom. The summed E-state index contributed by atoms with van der Waals surface area (Å²) in [4.78, 5) is 52.6. The van der Waals surface area contributed by atoms with Crippen molar-refractivity contribution in [3.05, 3.63) is 100 Å². The maximum absolute atomic E-state index is 13.7. The lowest BCUT2D eigenvalue weighted by Gasteiger charge is -2.33. The number of nitrogens with zero attached hydrogens (tertiary/aromatic N) is 3. The van der Waals surface area contributed by atoms with Gasteiger partial charge >= 0.3 is 0 Å². The molecule has 4 rings (SSSR count). The first-order chi connectivity index (χ1) is 17.5. The van der Waals surface area contributed by atoms with Gasteiger partial charge in [0.25, 0.3) is 17.5 Å². The van der Waals surface area contributed by atoms with Gasteiger partial charge < -0.3 is 4.90 Å². The Morgan fingerprint density at radius 1 is 1.03 bits per heavy atom. The quantitative estimate of drug-likeness (QED) is 0.283. The van der Waals surface area contributed by atoms with E-state index in [4.69, 9.17) is 5.14 Å². The summed E-state index contributed by atoms with van der Waals surface area (Å²) in [5.41, 5.74) is 0.777. The van der Waals surface area contributed by atoms with E-state index in [9.17, 15) is 32.9 Å². The minimum absolute atomic E-state index is 0.115. The smallest absolute Gasteiger partial charge is 0.269 e. The number of rotatable bonds is 7. The van der Waals surface area contributed by atoms with E-state index in [2.05, 4.69) is 0 Å². The molecule has 190 valence electrons. The van der Waals surface area contributed by atoms with E-state index < -0.39 is 44.8 Å². The zero-order chi connectivity index (χ0) is 26.9. The molecule has 11 nitrogen and oxygen atoms in total. The molecule has 0 spiro atoms. The van der Waals surface area contributed by atoms with Gasteiger partial charge in [0.05, 0.1) is 28.0 Å². The second-order valence-corrected chi connectivity index (χ2v) is 9.99. The molecule has 37 heavy (non-hydrogen) atoms. The third-order valence-electron chi connectivity index (χ3n) is 6.14. The Labute approximate surface area is 212 Å². The molecule has 2 N–H and O–H groups in total. The van der Waals surface area contributed by atoms with Gasteiger partial charge in [0.1, 0.15) is 6.04 Å². The van der Waals surface area contributed by atoms with Gasteiger partial charge in [-0.3, -0.25) is 24.5 Å². The summed E-state index contributed by atoms with van der Waals surface area (Å²) in [7, 11) is -3.97. The molecule has 2 atom stereocenters. The molecule has 2 unspecified atom stereocenters. The molecule has 0 bridgehead atoms. The van der Waals surface area contributed by atoms with E-state index in [0.717, 1.165) is 4.90 Å². The van der Waals surface area contributed by atoms with Crippen LogP contribution in [0.15, 0.2) is 83.8 Å². The van der Waals surface area contributed by atoms with Crippen molar-refractivity contribution in [1.82, 2.24) is 4.90 Å². The van der Waals surface area contributed by atoms with E-state index >= 15 is 0 Å². The number of anilines is 1. The van der Waals surface area contributed by atoms with Crippen LogP contribution in [0.25, 0.3) is 0 Å². The number of imide groups is 1. The number of primary sulfonamides is 1. The Bertz CT molecular complexity index is 1470. The number of nitro benzene ring substituents is 1. The van der Waals surface area contributed by atoms with Crippen molar-refractivity contribution in [2.45, 2.75) is 30.3 Å². The normalized spacial score (nSPS) is 16.5. The van der Waals surface area contributed by atoms with Crippen molar-refractivity contribution in [2.75, 3.05) is 4.90 Å². The zero-order valence-corrected chi connectivity index (χ0v) is 20.4. The number of nitro groups is 1. The molecule has 0 saturated carbocycles. The second kappa shape index (κ2) is 9.91. The average Bonchev–Trinajstić information content (AvgIpc) is 3.17. The maximum Gasteiger partial charge on any atom is 0.269 e. The van der Waals surface area contributed by atoms with E-state index in [-0.39, 0.29) is 28.3 Å². The largest absolute Gasteiger partial charge is 0.319 e. The highest BCUT2D eigenvalue weighted by atomic mass is 32.2. The molecule has 1 saturated heterocycles. The number of sulfonamides is 1. The van der Waals surface area contributed by atoms with Gasteiger partial charge in [0, 0.05) is 17.7 Å². The lowest BCUT2D eigenvalue weighted by Crippen LogP contribution is -2.46. The van der Waals surface area contributed by atoms with Gasteiger partial charge in [-0.25, -0.2) is 18.5 Å². The SMILES string of the molecule is CC(c1ccccc1)N(C(=O)c1ccc([N+](=O)[O-])cc1)C1CC(=O)N(c2ccc(S(N)(=O)=O)cc2)C1=O. The number of benzene rings is 3. The van der Waals surface area contributed by atoms with Crippen LogP contribution in [0.4, 0.5) is 11.4 Å². The van der Waals surface area contributed by atoms with E-state index in [1.165, 1.54) is 53.4 Å². The van der Waals surface area contributed by atoms with Gasteiger partial charge in [-0.05, 0) is 48.9 Å². The van der Waals surface area contributed by atoms with Crippen molar-refractivity contribution in [1.29, 1.82) is 0 Å². The number of hydrogen-bond donors (Lipinski definition) is 1. The van der Waals surface area contributed by atoms with Crippen LogP contribution in [-0.2, 0) is 19.6 Å². The topological polar surface area (TPSA) is 161 Å². The fourth-order valence-electron chi connectivity index (χ4n) is 4.24. The Hall–Kier alpha value is -4.42. The maximum atomic E-state index is 13.7. The number of non-ortho nitro benzene ring substituents is 1. The molecular formula is C25H22N4O7S. The van der Waals surface area contributed by atoms with Crippen molar-refractivity contribution < 1.29 is 27.7 Å². The van der Waals surface area contributed by atoms with Crippen LogP contribution >= 0.6 is 0 Å². The summed E-state index contributed by atoms with van der Waals surface area (Å²) >= 11 is 0. The molecule has 0 aromatic heterocycles. The average molecular weight is 523 g/mol. The number of carbonyl (C=O) groups is 3. The predicted octanol–water partition coefficient (Wildman–Crippen LogP) is 2.78. The summed E-state index contributed by atoms with van der Waals surface area (Å²) in [6.45, 7) is 1.72. The number of amides is 3. The molecule has 0 radical (unpaired) electrons. The van der Waals surface area contributed by atoms with Crippen LogP contribution in [-0.4, -0.2) is 42.0 Å². The summed E-state index contributed by atoms with van der Waals surface area (Å²) < 4.78 is 23.1. The first-order valence-electron chi connectivity index (χ1n) is 11.1. The third-order valence-corrected chi connectivity index (χ3v) is 7.07. The van der Waals surface area contributed by atoms with Crippen LogP contribution in [0, 0.1) is 10.1 Å². The van der Waals surface area contributed by atoms with Gasteiger partial charge in [-0.15, -0.1) is 0 Å². The first kappa shape index (κ1) is 25.7. The Balaban J connectivity index is 1.72. The number of nitrogens with two attached hydrogens (primary N) is 1. The molecular weight excluding hydrogens is 500 g/mol. The second-order valence-electron chi connectivity index (χ2n) is 8.43. The summed E-state index contributed by atoms with van der Waals surface area (Å²) in [6, 6.07) is 17.1. The highest BCUT2D eigenvalue weighted by Gasteiger charge is 2.46. The minimum atomic E-state index is -3.97. The van der Waals surface area contributed by atoms with Crippen LogP contribution in [0.2, 0.25) is 0 Å². The van der Waals surface area contributed by atoms with Crippen molar-refractivity contribution >= 4 is 39.1 Å². The van der Waals surface area contributed by atoms with Gasteiger partial charge in [-0.1, -0.05) is 30.3 Å². The van der Waals surface area contributed by atoms with Crippen LogP contribution in [0.5, 0.6) is 0 Å². The van der Waals surface area contributed by atoms with Crippen molar-refractivity contribution in [3.8, 4) is 0 Å². The molecule has 12 heteroatoms. The summed E-state index contributed by atoms with van der Waals surface area (Å²) in [6.07, 6.45) is -0.300. The lowest BCUT2D eigenvalue weighted by atomic mass is 10.0. The number of hydrogen-bond acceptors (Lipinski definition) is 7. The molecule has 1 heterocycles. The van der Waals surface area contributed by atoms with Crippen LogP contribution in [0.1, 0.15) is 35.3 Å². The molecule has 3 aromatic rings. The fourth-order valence-corrected chi connectivity index (χ4v) is 4.76. The summed E-state index contributed by atoms with van der Waals surface area (Å²) in [5, 5.41) is 16.1. The molecule has 1 aliphatic rings. The monoisotopic (exact) mass is 522 g/mol. The Kier molecular flexibility index (Phi) is 6.88. The molecule has 1 aliphatic heterocycles. The predicted molar refractivity (Wildman–Crippen MR) is 133 cm³/mol. The Morgan fingerprint density at radius 3 is 2.16 bits per heavy atom. The van der Waals surface area contributed by atoms with Gasteiger partial charge in [-0.2, -0.15) is 0 Å². The van der Waals surface area contributed by atoms with E-state index in [1.54, 1.807) is 37.3 Å². The number of carbonyl (C=O) groups excluding carboxylic acids is 3. The molecule has 3 amide bonds. The van der Waals surface area contributed by atoms with Crippen molar-refractivity contribution in [3.63, 3.8) is 0 Å². The molecule has 1 fully saturated rings. The van der Waals surface area contributed by atoms with Gasteiger partial charge in [0.2, 0.25) is 15.9 Å². The van der Waals surface area contributed by atoms with Crippen molar-refractivity contribution in [2.24, 2.45) is 5.14 Å². The van der Waals surface area contributed by atoms with E-state index in [0.29, 0.717) is 5.56 Å². The minimum Gasteiger partial charge on any atom is -0.319 e. The standard InChI is InChI=1S/C25H22N4O7S/c1-16(17-5-3-2-4-6-17)27(24(31)18-7-9-20(10-8-18)29(33)34)22-15-23(30)28(25(22)32)19-11-13-21(14-12-19)37(26,35)36/h2-14,16,22H,15H2,1H3,(H2,26,35,36). The highest BCUT2D eigenvalue weighted by Crippen LogP contribution is 2.33. The molecule has 3 aromatic carbocycles. The fraction of sp³-hybridized carbons (Fsp3) is 0.160. The zero-order valence-electron chi connectivity index (χ0n) is 19.6. The lowest BCUT2D eigenvalue weighted by molar-refractivity contribution is -0.384. The van der Waals surface area contributed by atoms with Crippen LogP contribution in [0.3, 0.4) is 0 Å². The van der Waals surface area contributed by atoms with E-state index in [1.807, 2.05) is 0 Å². The third kappa shape index (κ3) is 5.10. The van der Waals surface area contributed by atoms with Gasteiger partial charge in [0.15, 0.2) is 0 Å². The highest BCUT2D eigenvalue weighted by molar-refractivity contribution is 7.89. The van der Waals surface area contributed by atoms with Crippen LogP contribution < -0.4 is 10.0 Å². The summed E-state index contributed by atoms with van der Waals surface area (Å²) in [5.74, 6) is -1.81. The first-order valence-corrected chi connectivity index (χ1v) is 12.7. The molecule has 0 aliphatic carbocycles.